The summed E-state index contributed by atoms with van der Waals surface area (Å²) in [4.78, 5) is 37.7. The molecule has 0 radical (unpaired) electrons. The highest BCUT2D eigenvalue weighted by Gasteiger charge is 2.19. The first-order chi connectivity index (χ1) is 28.0. The molecule has 0 aliphatic carbocycles. The van der Waals surface area contributed by atoms with E-state index in [1.165, 1.54) is 193 Å². The Kier molecular flexibility index (Phi) is 45.8. The molecule has 0 aromatic rings. The van der Waals surface area contributed by atoms with E-state index in [1.54, 1.807) is 0 Å². The Morgan fingerprint density at radius 2 is 0.474 bits per heavy atom. The number of hydrogen-bond donors (Lipinski definition) is 0. The molecule has 57 heavy (non-hydrogen) atoms. The summed E-state index contributed by atoms with van der Waals surface area (Å²) in [5.74, 6) is -0.849. The van der Waals surface area contributed by atoms with Crippen molar-refractivity contribution in [3.8, 4) is 0 Å². The third kappa shape index (κ3) is 45.3. The van der Waals surface area contributed by atoms with Crippen LogP contribution in [0.1, 0.15) is 290 Å². The van der Waals surface area contributed by atoms with Gasteiger partial charge in [-0.15, -0.1) is 0 Å². The average molecular weight is 807 g/mol. The van der Waals surface area contributed by atoms with Crippen LogP contribution in [0.5, 0.6) is 0 Å². The number of carbonyl (C=O) groups is 3. The minimum Gasteiger partial charge on any atom is -0.462 e. The predicted octanol–water partition coefficient (Wildman–Crippen LogP) is 16.4. The zero-order valence-corrected chi connectivity index (χ0v) is 38.6. The number of ether oxygens (including phenoxy) is 3. The molecular weight excluding hydrogens is 709 g/mol. The SMILES string of the molecule is CCCCCCCCCCCCCCCCCCCC(=O)O[C@@H](COC(=O)CCCCCCCCC)COC(=O)CCCCCCCCCCCCCCCCC. The van der Waals surface area contributed by atoms with E-state index >= 15 is 0 Å². The second kappa shape index (κ2) is 47.1. The number of esters is 3. The van der Waals surface area contributed by atoms with Gasteiger partial charge in [0, 0.05) is 19.3 Å². The Morgan fingerprint density at radius 3 is 0.702 bits per heavy atom. The van der Waals surface area contributed by atoms with Crippen LogP contribution in [0, 0.1) is 0 Å². The number of carbonyl (C=O) groups excluding carboxylic acids is 3. The summed E-state index contributed by atoms with van der Waals surface area (Å²) in [7, 11) is 0. The molecule has 0 aromatic carbocycles. The summed E-state index contributed by atoms with van der Waals surface area (Å²) in [5, 5.41) is 0. The number of rotatable bonds is 47. The van der Waals surface area contributed by atoms with Crippen molar-refractivity contribution < 1.29 is 28.6 Å². The molecule has 1 atom stereocenters. The second-order valence-electron chi connectivity index (χ2n) is 17.5. The highest BCUT2D eigenvalue weighted by molar-refractivity contribution is 5.71. The molecular formula is C51H98O6. The van der Waals surface area contributed by atoms with E-state index in [9.17, 15) is 14.4 Å². The molecule has 0 heterocycles. The van der Waals surface area contributed by atoms with E-state index in [-0.39, 0.29) is 31.1 Å². The molecule has 0 saturated carbocycles. The van der Waals surface area contributed by atoms with Crippen molar-refractivity contribution in [1.82, 2.24) is 0 Å². The van der Waals surface area contributed by atoms with E-state index in [0.29, 0.717) is 19.3 Å². The molecule has 0 aromatic heterocycles. The van der Waals surface area contributed by atoms with Gasteiger partial charge in [-0.1, -0.05) is 252 Å². The minimum atomic E-state index is -0.758. The third-order valence-corrected chi connectivity index (χ3v) is 11.6. The molecule has 0 spiro atoms. The Bertz CT molecular complexity index is 844. The third-order valence-electron chi connectivity index (χ3n) is 11.6. The topological polar surface area (TPSA) is 78.9 Å². The lowest BCUT2D eigenvalue weighted by Gasteiger charge is -2.18. The molecule has 0 bridgehead atoms. The summed E-state index contributed by atoms with van der Waals surface area (Å²) in [5.41, 5.74) is 0. The molecule has 0 fully saturated rings. The first-order valence-corrected chi connectivity index (χ1v) is 25.5. The fourth-order valence-corrected chi connectivity index (χ4v) is 7.74. The van der Waals surface area contributed by atoms with Gasteiger partial charge in [-0.05, 0) is 19.3 Å². The summed E-state index contributed by atoms with van der Waals surface area (Å²) >= 11 is 0. The molecule has 0 amide bonds. The van der Waals surface area contributed by atoms with Crippen molar-refractivity contribution in [3.63, 3.8) is 0 Å². The lowest BCUT2D eigenvalue weighted by Crippen LogP contribution is -2.30. The van der Waals surface area contributed by atoms with Crippen molar-refractivity contribution in [2.24, 2.45) is 0 Å². The molecule has 0 aliphatic rings. The van der Waals surface area contributed by atoms with Crippen LogP contribution in [0.2, 0.25) is 0 Å². The zero-order chi connectivity index (χ0) is 41.5. The smallest absolute Gasteiger partial charge is 0.306 e. The van der Waals surface area contributed by atoms with Crippen LogP contribution in [0.3, 0.4) is 0 Å². The fourth-order valence-electron chi connectivity index (χ4n) is 7.74. The van der Waals surface area contributed by atoms with Gasteiger partial charge in [0.2, 0.25) is 0 Å². The zero-order valence-electron chi connectivity index (χ0n) is 38.6. The maximum absolute atomic E-state index is 12.7. The van der Waals surface area contributed by atoms with Crippen LogP contribution >= 0.6 is 0 Å². The Labute approximate surface area is 355 Å². The van der Waals surface area contributed by atoms with E-state index in [1.807, 2.05) is 0 Å². The van der Waals surface area contributed by atoms with Crippen LogP contribution in [0.4, 0.5) is 0 Å². The van der Waals surface area contributed by atoms with Gasteiger partial charge in [0.25, 0.3) is 0 Å². The standard InChI is InChI=1S/C51H98O6/c1-4-7-10-13-16-18-20-22-24-25-27-29-31-33-36-39-42-45-51(54)57-48(46-55-49(52)43-40-37-34-15-12-9-6-3)47-56-50(53)44-41-38-35-32-30-28-26-23-21-19-17-14-11-8-5-2/h48H,4-47H2,1-3H3/t48-/m0/s1. The fraction of sp³-hybridized carbons (Fsp3) is 0.941. The van der Waals surface area contributed by atoms with Gasteiger partial charge in [0.1, 0.15) is 13.2 Å². The first kappa shape index (κ1) is 55.4. The first-order valence-electron chi connectivity index (χ1n) is 25.5. The molecule has 0 rings (SSSR count). The van der Waals surface area contributed by atoms with Gasteiger partial charge < -0.3 is 14.2 Å². The van der Waals surface area contributed by atoms with Crippen molar-refractivity contribution >= 4 is 17.9 Å². The van der Waals surface area contributed by atoms with Crippen molar-refractivity contribution in [3.05, 3.63) is 0 Å². The summed E-state index contributed by atoms with van der Waals surface area (Å²) in [6, 6.07) is 0. The predicted molar refractivity (Wildman–Crippen MR) is 243 cm³/mol. The highest BCUT2D eigenvalue weighted by Crippen LogP contribution is 2.17. The maximum Gasteiger partial charge on any atom is 0.306 e. The number of unbranched alkanes of at least 4 members (excludes halogenated alkanes) is 36. The monoisotopic (exact) mass is 807 g/mol. The quantitative estimate of drug-likeness (QED) is 0.0346. The Morgan fingerprint density at radius 1 is 0.281 bits per heavy atom. The van der Waals surface area contributed by atoms with Crippen LogP contribution in [-0.4, -0.2) is 37.2 Å². The van der Waals surface area contributed by atoms with Crippen molar-refractivity contribution in [1.29, 1.82) is 0 Å². The lowest BCUT2D eigenvalue weighted by atomic mass is 10.0. The van der Waals surface area contributed by atoms with Gasteiger partial charge in [-0.3, -0.25) is 14.4 Å². The highest BCUT2D eigenvalue weighted by atomic mass is 16.6. The maximum atomic E-state index is 12.7. The van der Waals surface area contributed by atoms with Crippen LogP contribution in [0.15, 0.2) is 0 Å². The second-order valence-corrected chi connectivity index (χ2v) is 17.5. The molecule has 0 unspecified atom stereocenters. The summed E-state index contributed by atoms with van der Waals surface area (Å²) in [6.07, 6.45) is 49.6. The summed E-state index contributed by atoms with van der Waals surface area (Å²) < 4.78 is 16.7. The Balaban J connectivity index is 4.20. The lowest BCUT2D eigenvalue weighted by molar-refractivity contribution is -0.167. The van der Waals surface area contributed by atoms with Gasteiger partial charge in [0.15, 0.2) is 6.10 Å². The van der Waals surface area contributed by atoms with Crippen LogP contribution in [-0.2, 0) is 28.6 Å². The molecule has 6 heteroatoms. The van der Waals surface area contributed by atoms with E-state index < -0.39 is 6.10 Å². The minimum absolute atomic E-state index is 0.0624. The van der Waals surface area contributed by atoms with Crippen LogP contribution < -0.4 is 0 Å². The van der Waals surface area contributed by atoms with Crippen molar-refractivity contribution in [2.75, 3.05) is 13.2 Å². The molecule has 6 nitrogen and oxygen atoms in total. The van der Waals surface area contributed by atoms with Gasteiger partial charge in [-0.25, -0.2) is 0 Å². The molecule has 0 N–H and O–H groups in total. The van der Waals surface area contributed by atoms with Crippen LogP contribution in [0.25, 0.3) is 0 Å². The molecule has 0 aliphatic heterocycles. The largest absolute Gasteiger partial charge is 0.462 e. The van der Waals surface area contributed by atoms with E-state index in [2.05, 4.69) is 20.8 Å². The average Bonchev–Trinajstić information content (AvgIpc) is 3.21. The van der Waals surface area contributed by atoms with Gasteiger partial charge >= 0.3 is 17.9 Å². The number of hydrogen-bond acceptors (Lipinski definition) is 6. The molecule has 0 saturated heterocycles. The molecule has 338 valence electrons. The summed E-state index contributed by atoms with van der Waals surface area (Å²) in [6.45, 7) is 6.64. The van der Waals surface area contributed by atoms with E-state index in [0.717, 1.165) is 57.8 Å². The van der Waals surface area contributed by atoms with Gasteiger partial charge in [-0.2, -0.15) is 0 Å². The van der Waals surface area contributed by atoms with Gasteiger partial charge in [0.05, 0.1) is 0 Å². The normalized spacial score (nSPS) is 11.8. The van der Waals surface area contributed by atoms with E-state index in [4.69, 9.17) is 14.2 Å². The van der Waals surface area contributed by atoms with Crippen molar-refractivity contribution in [2.45, 2.75) is 297 Å². The Hall–Kier alpha value is -1.59.